The molecule has 26 heavy (non-hydrogen) atoms. The van der Waals surface area contributed by atoms with Crippen molar-refractivity contribution in [3.05, 3.63) is 78.1 Å². The predicted octanol–water partition coefficient (Wildman–Crippen LogP) is 3.64. The highest BCUT2D eigenvalue weighted by atomic mass is 15.0. The van der Waals surface area contributed by atoms with Crippen molar-refractivity contribution in [1.82, 2.24) is 19.9 Å². The van der Waals surface area contributed by atoms with Crippen molar-refractivity contribution in [3.63, 3.8) is 0 Å². The second-order valence-corrected chi connectivity index (χ2v) is 6.15. The molecule has 0 radical (unpaired) electrons. The summed E-state index contributed by atoms with van der Waals surface area (Å²) < 4.78 is 0. The minimum atomic E-state index is 0.685. The van der Waals surface area contributed by atoms with Crippen LogP contribution in [-0.4, -0.2) is 19.9 Å². The van der Waals surface area contributed by atoms with Crippen LogP contribution in [-0.2, 0) is 6.42 Å². The molecule has 3 N–H and O–H groups in total. The molecule has 0 amide bonds. The third kappa shape index (κ3) is 3.44. The van der Waals surface area contributed by atoms with Gasteiger partial charge in [-0.05, 0) is 42.8 Å². The van der Waals surface area contributed by atoms with Crippen LogP contribution in [0.25, 0.3) is 10.9 Å². The Morgan fingerprint density at radius 2 is 1.77 bits per heavy atom. The number of hydrogen-bond donors (Lipinski definition) is 2. The van der Waals surface area contributed by atoms with Gasteiger partial charge in [-0.25, -0.2) is 9.97 Å². The summed E-state index contributed by atoms with van der Waals surface area (Å²) >= 11 is 0. The molecule has 0 aliphatic carbocycles. The molecule has 4 aromatic rings. The zero-order valence-electron chi connectivity index (χ0n) is 14.3. The topological polar surface area (TPSA) is 89.6 Å². The molecule has 0 saturated heterocycles. The zero-order valence-corrected chi connectivity index (χ0v) is 14.3. The number of fused-ring (bicyclic) bond motifs is 1. The van der Waals surface area contributed by atoms with E-state index >= 15 is 0 Å². The predicted molar refractivity (Wildman–Crippen MR) is 103 cm³/mol. The number of nitrogens with one attached hydrogen (secondary N) is 1. The van der Waals surface area contributed by atoms with Gasteiger partial charge in [-0.1, -0.05) is 12.1 Å². The van der Waals surface area contributed by atoms with Crippen LogP contribution in [0, 0.1) is 6.92 Å². The van der Waals surface area contributed by atoms with Gasteiger partial charge < -0.3 is 11.1 Å². The molecule has 128 valence electrons. The number of aromatic nitrogens is 4. The van der Waals surface area contributed by atoms with Gasteiger partial charge in [-0.3, -0.25) is 9.97 Å². The van der Waals surface area contributed by atoms with Gasteiger partial charge in [0.05, 0.1) is 16.9 Å². The highest BCUT2D eigenvalue weighted by Gasteiger charge is 2.05. The first-order chi connectivity index (χ1) is 12.7. The maximum Gasteiger partial charge on any atom is 0.141 e. The van der Waals surface area contributed by atoms with Crippen molar-refractivity contribution in [3.8, 4) is 0 Å². The Morgan fingerprint density at radius 3 is 2.54 bits per heavy atom. The first-order valence-electron chi connectivity index (χ1n) is 8.31. The molecule has 2 aromatic heterocycles. The summed E-state index contributed by atoms with van der Waals surface area (Å²) in [6.07, 6.45) is 5.90. The average molecular weight is 342 g/mol. The van der Waals surface area contributed by atoms with Crippen molar-refractivity contribution >= 4 is 28.1 Å². The standard InChI is InChI=1S/C20H18N6/c1-13-10-23-17(11-22-13)8-14-2-5-16(6-3-14)26-20-18-9-15(21)4-7-19(18)24-12-25-20/h2-7,9-12H,8,21H2,1H3,(H,24,25,26). The Bertz CT molecular complexity index is 1040. The van der Waals surface area contributed by atoms with Gasteiger partial charge in [0, 0.05) is 35.6 Å². The highest BCUT2D eigenvalue weighted by Crippen LogP contribution is 2.25. The molecule has 4 rings (SSSR count). The van der Waals surface area contributed by atoms with E-state index in [4.69, 9.17) is 5.73 Å². The minimum absolute atomic E-state index is 0.685. The van der Waals surface area contributed by atoms with Crippen molar-refractivity contribution in [2.75, 3.05) is 11.1 Å². The number of benzene rings is 2. The zero-order chi connectivity index (χ0) is 17.9. The first-order valence-corrected chi connectivity index (χ1v) is 8.31. The van der Waals surface area contributed by atoms with Crippen LogP contribution >= 0.6 is 0 Å². The number of anilines is 3. The molecular formula is C20H18N6. The smallest absolute Gasteiger partial charge is 0.141 e. The second kappa shape index (κ2) is 6.76. The summed E-state index contributed by atoms with van der Waals surface area (Å²) in [6, 6.07) is 13.8. The Labute approximate surface area is 151 Å². The van der Waals surface area contributed by atoms with E-state index in [-0.39, 0.29) is 0 Å². The Balaban J connectivity index is 1.54. The minimum Gasteiger partial charge on any atom is -0.399 e. The maximum absolute atomic E-state index is 5.89. The van der Waals surface area contributed by atoms with E-state index in [1.54, 1.807) is 12.5 Å². The summed E-state index contributed by atoms with van der Waals surface area (Å²) in [5.74, 6) is 0.736. The van der Waals surface area contributed by atoms with Gasteiger partial charge in [0.1, 0.15) is 12.1 Å². The van der Waals surface area contributed by atoms with E-state index in [0.29, 0.717) is 5.69 Å². The van der Waals surface area contributed by atoms with Crippen LogP contribution in [0.3, 0.4) is 0 Å². The lowest BCUT2D eigenvalue weighted by atomic mass is 10.1. The molecule has 0 saturated carbocycles. The molecule has 0 aliphatic rings. The molecule has 0 unspecified atom stereocenters. The van der Waals surface area contributed by atoms with Crippen LogP contribution in [0.4, 0.5) is 17.2 Å². The summed E-state index contributed by atoms with van der Waals surface area (Å²) in [5, 5.41) is 4.23. The van der Waals surface area contributed by atoms with Gasteiger partial charge >= 0.3 is 0 Å². The van der Waals surface area contributed by atoms with Crippen LogP contribution in [0.15, 0.2) is 61.2 Å². The average Bonchev–Trinajstić information content (AvgIpc) is 2.66. The fraction of sp³-hybridized carbons (Fsp3) is 0.100. The molecule has 0 aliphatic heterocycles. The second-order valence-electron chi connectivity index (χ2n) is 6.15. The van der Waals surface area contributed by atoms with E-state index in [1.165, 1.54) is 5.56 Å². The quantitative estimate of drug-likeness (QED) is 0.550. The lowest BCUT2D eigenvalue weighted by Crippen LogP contribution is -1.98. The van der Waals surface area contributed by atoms with E-state index in [1.807, 2.05) is 43.5 Å². The molecule has 6 nitrogen and oxygen atoms in total. The summed E-state index contributed by atoms with van der Waals surface area (Å²) in [7, 11) is 0. The molecule has 0 fully saturated rings. The Hall–Kier alpha value is -3.54. The number of nitrogen functional groups attached to an aromatic ring is 1. The molecule has 2 heterocycles. The lowest BCUT2D eigenvalue weighted by Gasteiger charge is -2.09. The number of rotatable bonds is 4. The van der Waals surface area contributed by atoms with Crippen molar-refractivity contribution in [1.29, 1.82) is 0 Å². The SMILES string of the molecule is Cc1cnc(Cc2ccc(Nc3ncnc4ccc(N)cc34)cc2)cn1. The van der Waals surface area contributed by atoms with Crippen LogP contribution in [0.5, 0.6) is 0 Å². The van der Waals surface area contributed by atoms with Crippen molar-refractivity contribution < 1.29 is 0 Å². The van der Waals surface area contributed by atoms with Gasteiger partial charge in [-0.15, -0.1) is 0 Å². The van der Waals surface area contributed by atoms with Crippen LogP contribution < -0.4 is 11.1 Å². The fourth-order valence-electron chi connectivity index (χ4n) is 2.74. The monoisotopic (exact) mass is 342 g/mol. The van der Waals surface area contributed by atoms with E-state index < -0.39 is 0 Å². The highest BCUT2D eigenvalue weighted by molar-refractivity contribution is 5.92. The number of nitrogens with zero attached hydrogens (tertiary/aromatic N) is 4. The number of nitrogens with two attached hydrogens (primary N) is 1. The van der Waals surface area contributed by atoms with E-state index in [2.05, 4.69) is 37.4 Å². The number of hydrogen-bond acceptors (Lipinski definition) is 6. The Kier molecular flexibility index (Phi) is 4.15. The largest absolute Gasteiger partial charge is 0.399 e. The van der Waals surface area contributed by atoms with Crippen LogP contribution in [0.2, 0.25) is 0 Å². The van der Waals surface area contributed by atoms with Gasteiger partial charge in [0.2, 0.25) is 0 Å². The van der Waals surface area contributed by atoms with E-state index in [9.17, 15) is 0 Å². The normalized spacial score (nSPS) is 10.8. The Morgan fingerprint density at radius 1 is 0.923 bits per heavy atom. The first kappa shape index (κ1) is 16.0. The fourth-order valence-corrected chi connectivity index (χ4v) is 2.74. The maximum atomic E-state index is 5.89. The molecule has 6 heteroatoms. The van der Waals surface area contributed by atoms with Gasteiger partial charge in [0.15, 0.2) is 0 Å². The van der Waals surface area contributed by atoms with Crippen molar-refractivity contribution in [2.24, 2.45) is 0 Å². The van der Waals surface area contributed by atoms with Gasteiger partial charge in [0.25, 0.3) is 0 Å². The van der Waals surface area contributed by atoms with E-state index in [0.717, 1.165) is 40.2 Å². The number of aryl methyl sites for hydroxylation is 1. The summed E-state index contributed by atoms with van der Waals surface area (Å²) in [6.45, 7) is 1.93. The third-order valence-corrected chi connectivity index (χ3v) is 4.10. The van der Waals surface area contributed by atoms with Gasteiger partial charge in [-0.2, -0.15) is 0 Å². The molecule has 0 bridgehead atoms. The lowest BCUT2D eigenvalue weighted by molar-refractivity contribution is 1.00. The molecule has 0 spiro atoms. The summed E-state index contributed by atoms with van der Waals surface area (Å²) in [4.78, 5) is 17.3. The summed E-state index contributed by atoms with van der Waals surface area (Å²) in [5.41, 5.74) is 11.4. The molecule has 0 atom stereocenters. The molecule has 2 aromatic carbocycles. The molecular weight excluding hydrogens is 324 g/mol. The van der Waals surface area contributed by atoms with Crippen molar-refractivity contribution in [2.45, 2.75) is 13.3 Å². The van der Waals surface area contributed by atoms with Crippen LogP contribution in [0.1, 0.15) is 17.0 Å². The third-order valence-electron chi connectivity index (χ3n) is 4.10.